The molecule has 2 aliphatic rings. The number of anilines is 1. The number of hydrogen-bond acceptors (Lipinski definition) is 3. The van der Waals surface area contributed by atoms with Gasteiger partial charge in [0.2, 0.25) is 5.91 Å². The summed E-state index contributed by atoms with van der Waals surface area (Å²) in [6.07, 6.45) is 3.25. The van der Waals surface area contributed by atoms with Gasteiger partial charge in [0.15, 0.2) is 0 Å². The van der Waals surface area contributed by atoms with E-state index < -0.39 is 0 Å². The van der Waals surface area contributed by atoms with Crippen molar-refractivity contribution in [1.29, 1.82) is 0 Å². The van der Waals surface area contributed by atoms with Gasteiger partial charge in [-0.05, 0) is 37.0 Å². The van der Waals surface area contributed by atoms with E-state index in [-0.39, 0.29) is 11.4 Å². The predicted octanol–water partition coefficient (Wildman–Crippen LogP) is 0.999. The van der Waals surface area contributed by atoms with E-state index in [9.17, 15) is 4.79 Å². The van der Waals surface area contributed by atoms with E-state index in [1.54, 1.807) is 4.90 Å². The van der Waals surface area contributed by atoms with Crippen molar-refractivity contribution >= 4 is 11.6 Å². The molecule has 19 heavy (non-hydrogen) atoms. The van der Waals surface area contributed by atoms with Crippen molar-refractivity contribution in [3.63, 3.8) is 0 Å². The van der Waals surface area contributed by atoms with Crippen LogP contribution in [0.1, 0.15) is 18.4 Å². The van der Waals surface area contributed by atoms with Crippen LogP contribution in [0.4, 0.5) is 5.69 Å². The third kappa shape index (κ3) is 2.73. The first kappa shape index (κ1) is 12.5. The number of amides is 1. The molecular formula is C15H21N3O. The minimum absolute atomic E-state index is 0.0608. The monoisotopic (exact) mass is 259 g/mol. The summed E-state index contributed by atoms with van der Waals surface area (Å²) in [5.41, 5.74) is 8.62. The standard InChI is InChI=1S/C15H21N3O/c1-17-8-9-18(11-14(17)19)13-4-2-12(3-5-13)10-15(16)6-7-15/h2-5H,6-11,16H2,1H3. The molecule has 0 radical (unpaired) electrons. The van der Waals surface area contributed by atoms with Gasteiger partial charge < -0.3 is 15.5 Å². The molecule has 1 aliphatic heterocycles. The van der Waals surface area contributed by atoms with E-state index >= 15 is 0 Å². The molecule has 4 heteroatoms. The number of benzene rings is 1. The van der Waals surface area contributed by atoms with E-state index in [1.807, 2.05) is 7.05 Å². The van der Waals surface area contributed by atoms with Gasteiger partial charge in [0.1, 0.15) is 0 Å². The molecule has 2 fully saturated rings. The summed E-state index contributed by atoms with van der Waals surface area (Å²) in [6.45, 7) is 2.19. The molecular weight excluding hydrogens is 238 g/mol. The number of likely N-dealkylation sites (N-methyl/N-ethyl adjacent to an activating group) is 1. The third-order valence-electron chi connectivity index (χ3n) is 4.21. The van der Waals surface area contributed by atoms with Gasteiger partial charge in [0.05, 0.1) is 6.54 Å². The molecule has 1 heterocycles. The van der Waals surface area contributed by atoms with Gasteiger partial charge in [-0.3, -0.25) is 4.79 Å². The Morgan fingerprint density at radius 1 is 1.21 bits per heavy atom. The van der Waals surface area contributed by atoms with Gasteiger partial charge in [-0.2, -0.15) is 0 Å². The first-order valence-corrected chi connectivity index (χ1v) is 6.93. The lowest BCUT2D eigenvalue weighted by atomic mass is 10.0. The van der Waals surface area contributed by atoms with Crippen LogP contribution in [-0.4, -0.2) is 43.0 Å². The van der Waals surface area contributed by atoms with Crippen LogP contribution in [0.3, 0.4) is 0 Å². The Labute approximate surface area is 114 Å². The minimum atomic E-state index is 0.0608. The predicted molar refractivity (Wildman–Crippen MR) is 76.1 cm³/mol. The van der Waals surface area contributed by atoms with Crippen molar-refractivity contribution < 1.29 is 4.79 Å². The number of hydrogen-bond donors (Lipinski definition) is 1. The molecule has 1 saturated heterocycles. The van der Waals surface area contributed by atoms with Crippen molar-refractivity contribution in [2.24, 2.45) is 5.73 Å². The Balaban J connectivity index is 1.67. The largest absolute Gasteiger partial charge is 0.360 e. The summed E-state index contributed by atoms with van der Waals surface area (Å²) < 4.78 is 0. The summed E-state index contributed by atoms with van der Waals surface area (Å²) in [5.74, 6) is 0.189. The van der Waals surface area contributed by atoms with Gasteiger partial charge in [-0.25, -0.2) is 0 Å². The topological polar surface area (TPSA) is 49.6 Å². The highest BCUT2D eigenvalue weighted by molar-refractivity contribution is 5.82. The molecule has 0 unspecified atom stereocenters. The van der Waals surface area contributed by atoms with Crippen LogP contribution in [0.25, 0.3) is 0 Å². The van der Waals surface area contributed by atoms with Crippen LogP contribution < -0.4 is 10.6 Å². The van der Waals surface area contributed by atoms with Crippen LogP contribution in [0, 0.1) is 0 Å². The van der Waals surface area contributed by atoms with E-state index in [0.717, 1.165) is 38.0 Å². The van der Waals surface area contributed by atoms with Crippen LogP contribution in [0.5, 0.6) is 0 Å². The molecule has 0 aromatic heterocycles. The number of carbonyl (C=O) groups excluding carboxylic acids is 1. The summed E-state index contributed by atoms with van der Waals surface area (Å²) >= 11 is 0. The van der Waals surface area contributed by atoms with E-state index in [0.29, 0.717) is 6.54 Å². The maximum absolute atomic E-state index is 11.7. The highest BCUT2D eigenvalue weighted by Gasteiger charge is 2.37. The van der Waals surface area contributed by atoms with Crippen LogP contribution in [0.15, 0.2) is 24.3 Å². The lowest BCUT2D eigenvalue weighted by Crippen LogP contribution is -2.48. The summed E-state index contributed by atoms with van der Waals surface area (Å²) in [5, 5.41) is 0. The number of carbonyl (C=O) groups is 1. The molecule has 0 atom stereocenters. The maximum atomic E-state index is 11.7. The van der Waals surface area contributed by atoms with Crippen LogP contribution >= 0.6 is 0 Å². The fourth-order valence-electron chi connectivity index (χ4n) is 2.55. The molecule has 1 aromatic carbocycles. The highest BCUT2D eigenvalue weighted by Crippen LogP contribution is 2.35. The Bertz CT molecular complexity index is 479. The second-order valence-electron chi connectivity index (χ2n) is 5.94. The highest BCUT2D eigenvalue weighted by atomic mass is 16.2. The van der Waals surface area contributed by atoms with Crippen molar-refractivity contribution in [1.82, 2.24) is 4.90 Å². The van der Waals surface area contributed by atoms with Crippen molar-refractivity contribution in [2.45, 2.75) is 24.8 Å². The van der Waals surface area contributed by atoms with E-state index in [1.165, 1.54) is 5.56 Å². The summed E-state index contributed by atoms with van der Waals surface area (Å²) in [4.78, 5) is 15.6. The molecule has 1 aromatic rings. The minimum Gasteiger partial charge on any atom is -0.360 e. The van der Waals surface area contributed by atoms with Gasteiger partial charge in [0.25, 0.3) is 0 Å². The first-order valence-electron chi connectivity index (χ1n) is 6.93. The van der Waals surface area contributed by atoms with E-state index in [4.69, 9.17) is 5.73 Å². The Morgan fingerprint density at radius 2 is 1.89 bits per heavy atom. The fraction of sp³-hybridized carbons (Fsp3) is 0.533. The zero-order valence-corrected chi connectivity index (χ0v) is 11.4. The average molecular weight is 259 g/mol. The molecule has 1 aliphatic carbocycles. The zero-order valence-electron chi connectivity index (χ0n) is 11.4. The summed E-state index contributed by atoms with van der Waals surface area (Å²) in [7, 11) is 1.86. The molecule has 102 valence electrons. The Morgan fingerprint density at radius 3 is 2.47 bits per heavy atom. The molecule has 1 amide bonds. The SMILES string of the molecule is CN1CCN(c2ccc(CC3(N)CC3)cc2)CC1=O. The van der Waals surface area contributed by atoms with Gasteiger partial charge in [0, 0.05) is 31.4 Å². The van der Waals surface area contributed by atoms with Crippen molar-refractivity contribution in [3.05, 3.63) is 29.8 Å². The average Bonchev–Trinajstić information content (AvgIpc) is 3.11. The van der Waals surface area contributed by atoms with Crippen molar-refractivity contribution in [2.75, 3.05) is 31.6 Å². The third-order valence-corrected chi connectivity index (χ3v) is 4.21. The second kappa shape index (κ2) is 4.53. The van der Waals surface area contributed by atoms with E-state index in [2.05, 4.69) is 29.2 Å². The summed E-state index contributed by atoms with van der Waals surface area (Å²) in [6, 6.07) is 8.51. The molecule has 2 N–H and O–H groups in total. The normalized spacial score (nSPS) is 21.7. The molecule has 0 spiro atoms. The van der Waals surface area contributed by atoms with Gasteiger partial charge in [-0.15, -0.1) is 0 Å². The first-order chi connectivity index (χ1) is 9.06. The lowest BCUT2D eigenvalue weighted by molar-refractivity contribution is -0.129. The Hall–Kier alpha value is -1.55. The lowest BCUT2D eigenvalue weighted by Gasteiger charge is -2.33. The fourth-order valence-corrected chi connectivity index (χ4v) is 2.55. The molecule has 1 saturated carbocycles. The number of nitrogens with two attached hydrogens (primary N) is 1. The van der Waals surface area contributed by atoms with Gasteiger partial charge in [-0.1, -0.05) is 12.1 Å². The molecule has 3 rings (SSSR count). The smallest absolute Gasteiger partial charge is 0.241 e. The maximum Gasteiger partial charge on any atom is 0.241 e. The molecule has 4 nitrogen and oxygen atoms in total. The van der Waals surface area contributed by atoms with Crippen molar-refractivity contribution in [3.8, 4) is 0 Å². The Kier molecular flexibility index (Phi) is 2.97. The van der Waals surface area contributed by atoms with Gasteiger partial charge >= 0.3 is 0 Å². The number of piperazine rings is 1. The number of nitrogens with zero attached hydrogens (tertiary/aromatic N) is 2. The second-order valence-corrected chi connectivity index (χ2v) is 5.94. The molecule has 0 bridgehead atoms. The van der Waals surface area contributed by atoms with Crippen LogP contribution in [0.2, 0.25) is 0 Å². The quantitative estimate of drug-likeness (QED) is 0.881. The van der Waals surface area contributed by atoms with Crippen LogP contribution in [-0.2, 0) is 11.2 Å². The number of rotatable bonds is 3. The zero-order chi connectivity index (χ0) is 13.5.